The van der Waals surface area contributed by atoms with Crippen molar-refractivity contribution in [2.75, 3.05) is 48.4 Å². The minimum Gasteiger partial charge on any atom is -0.491 e. The molecule has 0 spiro atoms. The summed E-state index contributed by atoms with van der Waals surface area (Å²) in [7, 11) is -0.168. The minimum absolute atomic E-state index is 0.168. The summed E-state index contributed by atoms with van der Waals surface area (Å²) in [6, 6.07) is 7.70. The number of benzene rings is 2. The molecule has 11 nitrogen and oxygen atoms in total. The van der Waals surface area contributed by atoms with Gasteiger partial charge >= 0.3 is 0 Å². The van der Waals surface area contributed by atoms with Crippen molar-refractivity contribution in [2.45, 2.75) is 19.8 Å². The summed E-state index contributed by atoms with van der Waals surface area (Å²) >= 11 is 0. The Balaban J connectivity index is 1.28. The Morgan fingerprint density at radius 3 is 2.77 bits per heavy atom. The van der Waals surface area contributed by atoms with Gasteiger partial charge in [-0.15, -0.1) is 0 Å². The molecule has 7 rings (SSSR count). The van der Waals surface area contributed by atoms with E-state index in [4.69, 9.17) is 19.4 Å². The number of morpholine rings is 1. The highest BCUT2D eigenvalue weighted by Gasteiger charge is 2.26. The van der Waals surface area contributed by atoms with E-state index in [1.807, 2.05) is 24.4 Å². The lowest BCUT2D eigenvalue weighted by Crippen LogP contribution is -2.37. The molecule has 202 valence electrons. The van der Waals surface area contributed by atoms with Gasteiger partial charge in [-0.1, -0.05) is 0 Å². The number of hydrogen-bond acceptors (Lipinski definition) is 10. The Hall–Kier alpha value is -4.34. The van der Waals surface area contributed by atoms with E-state index in [1.54, 1.807) is 12.4 Å². The summed E-state index contributed by atoms with van der Waals surface area (Å²) in [4.78, 5) is 23.9. The Kier molecular flexibility index (Phi) is 6.37. The molecule has 2 aromatic carbocycles. The lowest BCUT2D eigenvalue weighted by atomic mass is 9.97. The number of ether oxygens (including phenoxy) is 2. The first-order valence-corrected chi connectivity index (χ1v) is 14.1. The van der Waals surface area contributed by atoms with Crippen LogP contribution in [0.5, 0.6) is 5.75 Å². The van der Waals surface area contributed by atoms with Gasteiger partial charge in [0.1, 0.15) is 22.7 Å². The number of anilines is 5. The quantitative estimate of drug-likeness (QED) is 0.252. The van der Waals surface area contributed by atoms with Gasteiger partial charge in [-0.2, -0.15) is 9.97 Å². The highest BCUT2D eigenvalue weighted by Crippen LogP contribution is 2.43. The summed E-state index contributed by atoms with van der Waals surface area (Å²) in [6.45, 7) is 6.00. The molecule has 0 saturated carbocycles. The van der Waals surface area contributed by atoms with E-state index >= 15 is 0 Å². The lowest BCUT2D eigenvalue weighted by Gasteiger charge is -2.34. The van der Waals surface area contributed by atoms with Crippen molar-refractivity contribution in [1.29, 1.82) is 0 Å². The Morgan fingerprint density at radius 1 is 1.02 bits per heavy atom. The SMILES string of the molecule is Cc1cc(Nc2nc(Nc3ccc4nccnc4c3P=O)c3cc[nH]c3n2)c2c(c1N1CCOCC1)CCCO2. The number of H-pyrrole nitrogens is 1. The second-order valence-corrected chi connectivity index (χ2v) is 10.4. The third-order valence-electron chi connectivity index (χ3n) is 7.30. The summed E-state index contributed by atoms with van der Waals surface area (Å²) in [6.07, 6.45) is 6.95. The molecule has 0 bridgehead atoms. The fourth-order valence-corrected chi connectivity index (χ4v) is 6.04. The average Bonchev–Trinajstić information content (AvgIpc) is 3.47. The number of aryl methyl sites for hydroxylation is 1. The topological polar surface area (TPSA) is 130 Å². The third kappa shape index (κ3) is 4.37. The first-order valence-electron chi connectivity index (χ1n) is 13.3. The zero-order chi connectivity index (χ0) is 27.1. The van der Waals surface area contributed by atoms with Crippen LogP contribution in [0.1, 0.15) is 17.5 Å². The molecule has 5 aromatic rings. The zero-order valence-corrected chi connectivity index (χ0v) is 22.8. The second kappa shape index (κ2) is 10.3. The van der Waals surface area contributed by atoms with E-state index in [9.17, 15) is 4.57 Å². The molecule has 0 atom stereocenters. The predicted octanol–water partition coefficient (Wildman–Crippen LogP) is 4.78. The average molecular weight is 555 g/mol. The van der Waals surface area contributed by atoms with Crippen LogP contribution in [0, 0.1) is 6.92 Å². The number of rotatable bonds is 6. The normalized spacial score (nSPS) is 15.3. The van der Waals surface area contributed by atoms with Crippen LogP contribution < -0.4 is 25.6 Å². The van der Waals surface area contributed by atoms with E-state index < -0.39 is 0 Å². The van der Waals surface area contributed by atoms with Crippen molar-refractivity contribution in [3.8, 4) is 5.75 Å². The molecule has 3 aromatic heterocycles. The predicted molar refractivity (Wildman–Crippen MR) is 155 cm³/mol. The monoisotopic (exact) mass is 554 g/mol. The largest absolute Gasteiger partial charge is 0.491 e. The van der Waals surface area contributed by atoms with Crippen LogP contribution in [0.2, 0.25) is 0 Å². The Bertz CT molecular complexity index is 1750. The van der Waals surface area contributed by atoms with Crippen LogP contribution in [0.3, 0.4) is 0 Å². The molecule has 0 radical (unpaired) electrons. The van der Waals surface area contributed by atoms with E-state index in [0.717, 1.165) is 56.0 Å². The minimum atomic E-state index is -0.168. The number of hydrogen-bond donors (Lipinski definition) is 3. The molecular weight excluding hydrogens is 527 g/mol. The molecule has 5 heterocycles. The van der Waals surface area contributed by atoms with Gasteiger partial charge in [0.05, 0.1) is 47.4 Å². The van der Waals surface area contributed by atoms with E-state index in [0.29, 0.717) is 46.0 Å². The molecule has 1 fully saturated rings. The zero-order valence-electron chi connectivity index (χ0n) is 21.9. The number of fused-ring (bicyclic) bond motifs is 3. The molecule has 1 saturated heterocycles. The summed E-state index contributed by atoms with van der Waals surface area (Å²) in [5.74, 6) is 1.83. The van der Waals surface area contributed by atoms with Crippen molar-refractivity contribution in [1.82, 2.24) is 24.9 Å². The van der Waals surface area contributed by atoms with Crippen LogP contribution in [-0.4, -0.2) is 57.8 Å². The number of aromatic nitrogens is 5. The van der Waals surface area contributed by atoms with Crippen molar-refractivity contribution >= 4 is 64.7 Å². The van der Waals surface area contributed by atoms with Gasteiger partial charge in [0, 0.05) is 42.9 Å². The maximum atomic E-state index is 12.2. The van der Waals surface area contributed by atoms with Crippen LogP contribution in [0.15, 0.2) is 42.9 Å². The number of nitrogens with one attached hydrogen (secondary N) is 3. The van der Waals surface area contributed by atoms with Gasteiger partial charge in [0.15, 0.2) is 8.46 Å². The Morgan fingerprint density at radius 2 is 1.90 bits per heavy atom. The van der Waals surface area contributed by atoms with Crippen LogP contribution in [0.25, 0.3) is 22.1 Å². The van der Waals surface area contributed by atoms with Gasteiger partial charge in [0.2, 0.25) is 5.95 Å². The second-order valence-electron chi connectivity index (χ2n) is 9.81. The maximum Gasteiger partial charge on any atom is 0.231 e. The van der Waals surface area contributed by atoms with Gasteiger partial charge in [-0.3, -0.25) is 14.5 Å². The van der Waals surface area contributed by atoms with Crippen molar-refractivity contribution in [3.05, 3.63) is 54.0 Å². The summed E-state index contributed by atoms with van der Waals surface area (Å²) < 4.78 is 24.0. The van der Waals surface area contributed by atoms with Gasteiger partial charge in [-0.25, -0.2) is 0 Å². The summed E-state index contributed by atoms with van der Waals surface area (Å²) in [5, 5.41) is 8.11. The number of nitrogens with zero attached hydrogens (tertiary/aromatic N) is 5. The molecule has 0 aliphatic carbocycles. The van der Waals surface area contributed by atoms with E-state index in [2.05, 4.69) is 43.5 Å². The molecular formula is C28H27N8O3P. The van der Waals surface area contributed by atoms with Crippen molar-refractivity contribution in [3.63, 3.8) is 0 Å². The molecule has 2 aliphatic heterocycles. The maximum absolute atomic E-state index is 12.2. The molecule has 2 aliphatic rings. The third-order valence-corrected chi connectivity index (χ3v) is 7.94. The van der Waals surface area contributed by atoms with E-state index in [-0.39, 0.29) is 8.46 Å². The highest BCUT2D eigenvalue weighted by molar-refractivity contribution is 7.35. The van der Waals surface area contributed by atoms with Gasteiger partial charge < -0.3 is 30.0 Å². The molecule has 40 heavy (non-hydrogen) atoms. The number of aromatic amines is 1. The lowest BCUT2D eigenvalue weighted by molar-refractivity contribution is 0.122. The van der Waals surface area contributed by atoms with Gasteiger partial charge in [0.25, 0.3) is 0 Å². The Labute approximate surface area is 231 Å². The molecule has 0 amide bonds. The fourth-order valence-electron chi connectivity index (χ4n) is 5.55. The first-order chi connectivity index (χ1) is 19.7. The van der Waals surface area contributed by atoms with Crippen molar-refractivity contribution in [2.24, 2.45) is 0 Å². The molecule has 3 N–H and O–H groups in total. The fraction of sp³-hybridized carbons (Fsp3) is 0.286. The van der Waals surface area contributed by atoms with Crippen molar-refractivity contribution < 1.29 is 14.0 Å². The van der Waals surface area contributed by atoms with Crippen LogP contribution in [0.4, 0.5) is 28.8 Å². The highest BCUT2D eigenvalue weighted by atomic mass is 31.1. The smallest absolute Gasteiger partial charge is 0.231 e. The van der Waals surface area contributed by atoms with Crippen LogP contribution >= 0.6 is 8.46 Å². The first kappa shape index (κ1) is 24.7. The van der Waals surface area contributed by atoms with Gasteiger partial charge in [-0.05, 0) is 49.6 Å². The molecule has 12 heteroatoms. The van der Waals surface area contributed by atoms with E-state index in [1.165, 1.54) is 16.8 Å². The van der Waals surface area contributed by atoms with Crippen LogP contribution in [-0.2, 0) is 15.7 Å². The molecule has 0 unspecified atom stereocenters. The summed E-state index contributed by atoms with van der Waals surface area (Å²) in [5.41, 5.74) is 7.00. The standard InChI is InChI=1S/C28H27N8O3P/c1-16-15-21(24-17(3-2-12-39-24)23(16)36-10-13-38-14-11-36)33-28-34-26-18(6-7-31-26)27(35-28)32-20-5-4-19-22(25(20)40-37)30-9-8-29-19/h4-9,15H,2-3,10-14H2,1H3,(H3,31,32,33,34,35).